The van der Waals surface area contributed by atoms with E-state index in [2.05, 4.69) is 30.6 Å². The van der Waals surface area contributed by atoms with Crippen LogP contribution in [0.4, 0.5) is 5.69 Å². The van der Waals surface area contributed by atoms with Crippen LogP contribution in [0.5, 0.6) is 11.9 Å². The van der Waals surface area contributed by atoms with E-state index in [4.69, 9.17) is 20.8 Å². The number of fused-ring (bicyclic) bond motifs is 5. The highest BCUT2D eigenvalue weighted by molar-refractivity contribution is 6.28. The van der Waals surface area contributed by atoms with Crippen LogP contribution in [-0.2, 0) is 0 Å². The largest absolute Gasteiger partial charge is 0.449 e. The lowest BCUT2D eigenvalue weighted by Crippen LogP contribution is -2.34. The standard InChI is InChI=1S/C18H13ClN6O3/c1-8-6-20-14-13-9-2-5-12(28-18-22-7-21-17(19)25-18)24-10(9)3-4-11(13)27-15(14)16(26)23-8/h2-5,7-8,20H,6H2,1H3,(H,23,26)/t8-/m1/s1. The first-order chi connectivity index (χ1) is 13.6. The number of amides is 1. The number of carbonyl (C=O) groups excluding carboxylic acids is 1. The first-order valence-corrected chi connectivity index (χ1v) is 8.89. The fraction of sp³-hybridized carbons (Fsp3) is 0.167. The Morgan fingerprint density at radius 3 is 2.96 bits per heavy atom. The predicted octanol–water partition coefficient (Wildman–Crippen LogP) is 3.16. The summed E-state index contributed by atoms with van der Waals surface area (Å²) in [6.45, 7) is 2.52. The molecule has 1 aromatic carbocycles. The van der Waals surface area contributed by atoms with Crippen LogP contribution in [0.2, 0.25) is 5.28 Å². The molecule has 1 atom stereocenters. The van der Waals surface area contributed by atoms with Crippen LogP contribution in [0.1, 0.15) is 17.5 Å². The van der Waals surface area contributed by atoms with Crippen molar-refractivity contribution in [3.05, 3.63) is 41.6 Å². The molecule has 4 aromatic rings. The molecule has 4 heterocycles. The normalized spacial score (nSPS) is 16.4. The van der Waals surface area contributed by atoms with Crippen molar-refractivity contribution < 1.29 is 13.9 Å². The Balaban J connectivity index is 1.62. The highest BCUT2D eigenvalue weighted by Crippen LogP contribution is 2.37. The van der Waals surface area contributed by atoms with Gasteiger partial charge in [-0.1, -0.05) is 0 Å². The molecule has 0 aliphatic carbocycles. The van der Waals surface area contributed by atoms with Crippen LogP contribution in [-0.4, -0.2) is 38.4 Å². The molecule has 0 fully saturated rings. The first kappa shape index (κ1) is 16.7. The van der Waals surface area contributed by atoms with Gasteiger partial charge in [-0.2, -0.15) is 9.97 Å². The van der Waals surface area contributed by atoms with Crippen molar-refractivity contribution in [1.29, 1.82) is 0 Å². The minimum Gasteiger partial charge on any atom is -0.449 e. The van der Waals surface area contributed by atoms with Gasteiger partial charge in [-0.05, 0) is 36.7 Å². The predicted molar refractivity (Wildman–Crippen MR) is 102 cm³/mol. The number of benzene rings is 1. The highest BCUT2D eigenvalue weighted by atomic mass is 35.5. The summed E-state index contributed by atoms with van der Waals surface area (Å²) < 4.78 is 11.4. The SMILES string of the molecule is C[C@@H]1CNc2c(oc3ccc4nc(Oc5ncnc(Cl)n5)ccc4c23)C(=O)N1. The second-order valence-corrected chi connectivity index (χ2v) is 6.69. The molecule has 5 rings (SSSR count). The number of aromatic nitrogens is 4. The quantitative estimate of drug-likeness (QED) is 0.531. The van der Waals surface area contributed by atoms with E-state index in [9.17, 15) is 4.79 Å². The van der Waals surface area contributed by atoms with Crippen LogP contribution >= 0.6 is 11.6 Å². The van der Waals surface area contributed by atoms with Crippen molar-refractivity contribution in [2.75, 3.05) is 11.9 Å². The average molecular weight is 397 g/mol. The Kier molecular flexibility index (Phi) is 3.76. The molecule has 0 unspecified atom stereocenters. The van der Waals surface area contributed by atoms with E-state index in [1.54, 1.807) is 18.2 Å². The average Bonchev–Trinajstić information content (AvgIpc) is 2.99. The Bertz CT molecular complexity index is 1240. The van der Waals surface area contributed by atoms with Gasteiger partial charge in [-0.3, -0.25) is 4.79 Å². The van der Waals surface area contributed by atoms with E-state index in [-0.39, 0.29) is 29.0 Å². The number of nitrogens with one attached hydrogen (secondary N) is 2. The smallest absolute Gasteiger partial charge is 0.327 e. The molecule has 9 nitrogen and oxygen atoms in total. The third-order valence-corrected chi connectivity index (χ3v) is 4.56. The van der Waals surface area contributed by atoms with Gasteiger partial charge in [0, 0.05) is 24.0 Å². The number of rotatable bonds is 2. The van der Waals surface area contributed by atoms with Crippen molar-refractivity contribution in [1.82, 2.24) is 25.3 Å². The Morgan fingerprint density at radius 2 is 2.11 bits per heavy atom. The lowest BCUT2D eigenvalue weighted by Gasteiger charge is -2.09. The van der Waals surface area contributed by atoms with E-state index in [0.717, 1.165) is 10.8 Å². The third-order valence-electron chi connectivity index (χ3n) is 4.38. The molecule has 2 N–H and O–H groups in total. The van der Waals surface area contributed by atoms with Gasteiger partial charge in [0.1, 0.15) is 11.9 Å². The number of nitrogens with zero attached hydrogens (tertiary/aromatic N) is 4. The maximum atomic E-state index is 12.4. The van der Waals surface area contributed by atoms with Gasteiger partial charge in [0.25, 0.3) is 5.91 Å². The summed E-state index contributed by atoms with van der Waals surface area (Å²) in [5.74, 6) is 0.339. The second-order valence-electron chi connectivity index (χ2n) is 6.36. The number of halogens is 1. The van der Waals surface area contributed by atoms with Gasteiger partial charge in [0.2, 0.25) is 16.9 Å². The van der Waals surface area contributed by atoms with E-state index in [1.165, 1.54) is 6.33 Å². The molecule has 0 radical (unpaired) electrons. The molecule has 0 spiro atoms. The molecule has 28 heavy (non-hydrogen) atoms. The highest BCUT2D eigenvalue weighted by Gasteiger charge is 2.26. The number of anilines is 1. The zero-order valence-corrected chi connectivity index (χ0v) is 15.3. The van der Waals surface area contributed by atoms with Gasteiger partial charge in [0.05, 0.1) is 16.6 Å². The van der Waals surface area contributed by atoms with Gasteiger partial charge in [-0.15, -0.1) is 0 Å². The van der Waals surface area contributed by atoms with Crippen LogP contribution in [0.25, 0.3) is 21.9 Å². The fourth-order valence-electron chi connectivity index (χ4n) is 3.17. The van der Waals surface area contributed by atoms with Crippen LogP contribution in [0.15, 0.2) is 35.0 Å². The maximum Gasteiger partial charge on any atom is 0.327 e. The summed E-state index contributed by atoms with van der Waals surface area (Å²) in [7, 11) is 0. The molecule has 0 saturated carbocycles. The Hall–Kier alpha value is -3.46. The molecule has 140 valence electrons. The molecular weight excluding hydrogens is 384 g/mol. The van der Waals surface area contributed by atoms with E-state index >= 15 is 0 Å². The van der Waals surface area contributed by atoms with Crippen LogP contribution in [0, 0.1) is 0 Å². The summed E-state index contributed by atoms with van der Waals surface area (Å²) in [5, 5.41) is 7.86. The molecule has 0 bridgehead atoms. The second kappa shape index (κ2) is 6.31. The van der Waals surface area contributed by atoms with Crippen molar-refractivity contribution >= 4 is 45.1 Å². The lowest BCUT2D eigenvalue weighted by atomic mass is 10.1. The monoisotopic (exact) mass is 396 g/mol. The third kappa shape index (κ3) is 2.76. The molecule has 1 aliphatic rings. The zero-order chi connectivity index (χ0) is 19.3. The first-order valence-electron chi connectivity index (χ1n) is 8.52. The maximum absolute atomic E-state index is 12.4. The molecule has 0 saturated heterocycles. The number of hydrogen-bond acceptors (Lipinski definition) is 8. The fourth-order valence-corrected chi connectivity index (χ4v) is 3.28. The number of ether oxygens (including phenoxy) is 1. The molecule has 1 aliphatic heterocycles. The lowest BCUT2D eigenvalue weighted by molar-refractivity contribution is 0.0920. The van der Waals surface area contributed by atoms with Crippen molar-refractivity contribution in [3.63, 3.8) is 0 Å². The van der Waals surface area contributed by atoms with Crippen molar-refractivity contribution in [2.24, 2.45) is 0 Å². The van der Waals surface area contributed by atoms with Crippen LogP contribution in [0.3, 0.4) is 0 Å². The van der Waals surface area contributed by atoms with Gasteiger partial charge in [0.15, 0.2) is 0 Å². The van der Waals surface area contributed by atoms with Gasteiger partial charge in [-0.25, -0.2) is 9.97 Å². The zero-order valence-electron chi connectivity index (χ0n) is 14.6. The summed E-state index contributed by atoms with van der Waals surface area (Å²) in [6.07, 6.45) is 1.26. The summed E-state index contributed by atoms with van der Waals surface area (Å²) >= 11 is 5.75. The van der Waals surface area contributed by atoms with E-state index in [1.807, 2.05) is 13.0 Å². The summed E-state index contributed by atoms with van der Waals surface area (Å²) in [6, 6.07) is 7.17. The number of carbonyl (C=O) groups is 1. The molecule has 10 heteroatoms. The van der Waals surface area contributed by atoms with Crippen molar-refractivity contribution in [2.45, 2.75) is 13.0 Å². The Labute approximate surface area is 163 Å². The molecular formula is C18H13ClN6O3. The van der Waals surface area contributed by atoms with Crippen LogP contribution < -0.4 is 15.4 Å². The summed E-state index contributed by atoms with van der Waals surface area (Å²) in [4.78, 5) is 28.4. The minimum atomic E-state index is -0.239. The molecule has 1 amide bonds. The molecule has 3 aromatic heterocycles. The van der Waals surface area contributed by atoms with Crippen molar-refractivity contribution in [3.8, 4) is 11.9 Å². The summed E-state index contributed by atoms with van der Waals surface area (Å²) in [5.41, 5.74) is 1.95. The topological polar surface area (TPSA) is 115 Å². The number of hydrogen-bond donors (Lipinski definition) is 2. The number of pyridine rings is 1. The van der Waals surface area contributed by atoms with Gasteiger partial charge < -0.3 is 19.8 Å². The van der Waals surface area contributed by atoms with Gasteiger partial charge >= 0.3 is 6.01 Å². The Morgan fingerprint density at radius 1 is 1.21 bits per heavy atom. The van der Waals surface area contributed by atoms with E-state index < -0.39 is 0 Å². The van der Waals surface area contributed by atoms with E-state index in [0.29, 0.717) is 29.2 Å². The minimum absolute atomic E-state index is 0.00885. The number of furan rings is 1.